The second-order valence-electron chi connectivity index (χ2n) is 6.78. The number of sulfonamides is 1. The first-order valence-electron chi connectivity index (χ1n) is 9.20. The number of carbonyl (C=O) groups is 1. The summed E-state index contributed by atoms with van der Waals surface area (Å²) in [6.45, 7) is 1.97. The van der Waals surface area contributed by atoms with Crippen molar-refractivity contribution in [2.24, 2.45) is 0 Å². The van der Waals surface area contributed by atoms with Gasteiger partial charge in [-0.3, -0.25) is 19.2 Å². The Hall–Kier alpha value is -3.14. The van der Waals surface area contributed by atoms with Crippen LogP contribution >= 0.6 is 0 Å². The van der Waals surface area contributed by atoms with E-state index in [0.717, 1.165) is 22.2 Å². The third-order valence-electron chi connectivity index (χ3n) is 4.56. The monoisotopic (exact) mass is 435 g/mol. The summed E-state index contributed by atoms with van der Waals surface area (Å²) < 4.78 is 31.5. The molecule has 0 bridgehead atoms. The molecule has 0 aliphatic heterocycles. The fourth-order valence-electron chi connectivity index (χ4n) is 3.17. The number of hydrogen-bond donors (Lipinski definition) is 0. The van der Waals surface area contributed by atoms with Gasteiger partial charge in [0.1, 0.15) is 17.5 Å². The van der Waals surface area contributed by atoms with Gasteiger partial charge in [-0.15, -0.1) is 0 Å². The molecule has 1 amide bonds. The van der Waals surface area contributed by atoms with Crippen molar-refractivity contribution in [2.75, 3.05) is 24.7 Å². The van der Waals surface area contributed by atoms with Gasteiger partial charge in [-0.25, -0.2) is 8.42 Å². The van der Waals surface area contributed by atoms with E-state index in [1.807, 2.05) is 30.3 Å². The Labute approximate surface area is 176 Å². The Bertz CT molecular complexity index is 1010. The van der Waals surface area contributed by atoms with Crippen molar-refractivity contribution in [3.63, 3.8) is 0 Å². The summed E-state index contributed by atoms with van der Waals surface area (Å²) in [5.74, 6) is -0.316. The maximum Gasteiger partial charge on any atom is 0.271 e. The predicted octanol–water partition coefficient (Wildman–Crippen LogP) is 2.81. The van der Waals surface area contributed by atoms with E-state index in [4.69, 9.17) is 4.74 Å². The summed E-state index contributed by atoms with van der Waals surface area (Å²) in [5, 5.41) is 11.2. The lowest BCUT2D eigenvalue weighted by Gasteiger charge is -2.33. The van der Waals surface area contributed by atoms with Crippen molar-refractivity contribution in [2.45, 2.75) is 25.9 Å². The third kappa shape index (κ3) is 5.26. The van der Waals surface area contributed by atoms with Crippen LogP contribution in [0, 0.1) is 10.1 Å². The largest absolute Gasteiger partial charge is 0.495 e. The Morgan fingerprint density at radius 1 is 1.20 bits per heavy atom. The van der Waals surface area contributed by atoms with E-state index in [-0.39, 0.29) is 23.5 Å². The van der Waals surface area contributed by atoms with Crippen LogP contribution in [0.5, 0.6) is 5.75 Å². The number of nitrogens with zero attached hydrogens (tertiary/aromatic N) is 3. The van der Waals surface area contributed by atoms with Crippen molar-refractivity contribution in [3.8, 4) is 5.75 Å². The summed E-state index contributed by atoms with van der Waals surface area (Å²) in [6.07, 6.45) is 1.12. The van der Waals surface area contributed by atoms with Crippen molar-refractivity contribution < 1.29 is 22.9 Å². The number of carbonyl (C=O) groups excluding carboxylic acids is 1. The van der Waals surface area contributed by atoms with Crippen LogP contribution in [0.1, 0.15) is 18.9 Å². The van der Waals surface area contributed by atoms with E-state index in [1.165, 1.54) is 24.1 Å². The zero-order valence-corrected chi connectivity index (χ0v) is 18.1. The van der Waals surface area contributed by atoms with Crippen LogP contribution in [-0.4, -0.2) is 50.6 Å². The minimum atomic E-state index is -3.97. The number of nitro groups is 1. The molecule has 0 aliphatic carbocycles. The van der Waals surface area contributed by atoms with E-state index in [9.17, 15) is 23.3 Å². The quantitative estimate of drug-likeness (QED) is 0.442. The summed E-state index contributed by atoms with van der Waals surface area (Å²) in [4.78, 5) is 25.2. The van der Waals surface area contributed by atoms with Crippen LogP contribution < -0.4 is 9.04 Å². The van der Waals surface area contributed by atoms with Gasteiger partial charge >= 0.3 is 0 Å². The van der Waals surface area contributed by atoms with E-state index in [2.05, 4.69) is 0 Å². The number of non-ortho nitro benzene ring substituents is 1. The number of likely N-dealkylation sites (N-methyl/N-ethyl adjacent to an activating group) is 1. The zero-order valence-electron chi connectivity index (χ0n) is 17.3. The first-order valence-corrected chi connectivity index (χ1v) is 11.1. The molecule has 2 aromatic carbocycles. The summed E-state index contributed by atoms with van der Waals surface area (Å²) >= 11 is 0. The normalized spacial score (nSPS) is 12.1. The first kappa shape index (κ1) is 23.1. The molecule has 2 aromatic rings. The average molecular weight is 436 g/mol. The molecule has 30 heavy (non-hydrogen) atoms. The Morgan fingerprint density at radius 3 is 2.33 bits per heavy atom. The van der Waals surface area contributed by atoms with Gasteiger partial charge < -0.3 is 9.64 Å². The molecule has 2 rings (SSSR count). The van der Waals surface area contributed by atoms with E-state index >= 15 is 0 Å². The molecule has 0 aromatic heterocycles. The molecule has 0 aliphatic rings. The lowest BCUT2D eigenvalue weighted by molar-refractivity contribution is -0.384. The van der Waals surface area contributed by atoms with Gasteiger partial charge in [0, 0.05) is 25.7 Å². The number of rotatable bonds is 9. The van der Waals surface area contributed by atoms with Crippen LogP contribution in [0.25, 0.3) is 0 Å². The highest BCUT2D eigenvalue weighted by Crippen LogP contribution is 2.36. The molecule has 0 saturated heterocycles. The summed E-state index contributed by atoms with van der Waals surface area (Å²) in [6, 6.07) is 11.8. The topological polar surface area (TPSA) is 110 Å². The highest BCUT2D eigenvalue weighted by atomic mass is 32.2. The van der Waals surface area contributed by atoms with Crippen LogP contribution in [0.15, 0.2) is 48.5 Å². The van der Waals surface area contributed by atoms with Gasteiger partial charge in [-0.05, 0) is 18.1 Å². The molecule has 0 radical (unpaired) electrons. The number of benzene rings is 2. The fourth-order valence-corrected chi connectivity index (χ4v) is 4.37. The molecular formula is C20H25N3O6S. The number of methoxy groups -OCH3 is 1. The smallest absolute Gasteiger partial charge is 0.271 e. The Morgan fingerprint density at radius 2 is 1.83 bits per heavy atom. The van der Waals surface area contributed by atoms with Gasteiger partial charge in [0.25, 0.3) is 5.69 Å². The van der Waals surface area contributed by atoms with Crippen molar-refractivity contribution in [1.29, 1.82) is 0 Å². The van der Waals surface area contributed by atoms with Crippen LogP contribution in [0.3, 0.4) is 0 Å². The molecule has 162 valence electrons. The highest BCUT2D eigenvalue weighted by Gasteiger charge is 2.35. The fraction of sp³-hybridized carbons (Fsp3) is 0.350. The van der Waals surface area contributed by atoms with Crippen molar-refractivity contribution in [3.05, 3.63) is 64.2 Å². The zero-order chi connectivity index (χ0) is 22.5. The molecule has 0 spiro atoms. The van der Waals surface area contributed by atoms with Crippen LogP contribution in [0.4, 0.5) is 11.4 Å². The van der Waals surface area contributed by atoms with Crippen LogP contribution in [0.2, 0.25) is 0 Å². The number of hydrogen-bond acceptors (Lipinski definition) is 6. The average Bonchev–Trinajstić information content (AvgIpc) is 2.70. The molecular weight excluding hydrogens is 410 g/mol. The second-order valence-corrected chi connectivity index (χ2v) is 8.64. The lowest BCUT2D eigenvalue weighted by atomic mass is 10.1. The number of nitro benzene ring substituents is 1. The molecule has 0 saturated carbocycles. The number of anilines is 1. The minimum Gasteiger partial charge on any atom is -0.495 e. The number of ether oxygens (including phenoxy) is 1. The van der Waals surface area contributed by atoms with Crippen LogP contribution in [-0.2, 0) is 21.4 Å². The highest BCUT2D eigenvalue weighted by molar-refractivity contribution is 7.92. The maximum atomic E-state index is 13.2. The predicted molar refractivity (Wildman–Crippen MR) is 114 cm³/mol. The Kier molecular flexibility index (Phi) is 7.38. The van der Waals surface area contributed by atoms with E-state index in [1.54, 1.807) is 14.0 Å². The summed E-state index contributed by atoms with van der Waals surface area (Å²) in [7, 11) is -1.06. The third-order valence-corrected chi connectivity index (χ3v) is 5.73. The number of amides is 1. The Balaban J connectivity index is 2.50. The van der Waals surface area contributed by atoms with Gasteiger partial charge in [0.05, 0.1) is 18.3 Å². The van der Waals surface area contributed by atoms with Gasteiger partial charge in [0.15, 0.2) is 0 Å². The van der Waals surface area contributed by atoms with E-state index in [0.29, 0.717) is 6.54 Å². The molecule has 1 atom stereocenters. The molecule has 0 N–H and O–H groups in total. The first-order chi connectivity index (χ1) is 14.1. The lowest BCUT2D eigenvalue weighted by Crippen LogP contribution is -2.49. The van der Waals surface area contributed by atoms with Gasteiger partial charge in [-0.2, -0.15) is 0 Å². The van der Waals surface area contributed by atoms with Gasteiger partial charge in [0.2, 0.25) is 15.9 Å². The van der Waals surface area contributed by atoms with Crippen molar-refractivity contribution in [1.82, 2.24) is 4.90 Å². The molecule has 0 heterocycles. The minimum absolute atomic E-state index is 0.0532. The summed E-state index contributed by atoms with van der Waals surface area (Å²) in [5.41, 5.74) is 0.531. The standard InChI is InChI=1S/C20H25N3O6S/c1-5-17(20(24)21(2)14-15-9-7-6-8-10-15)22(30(4,27)28)18-13-16(23(25)26)11-12-19(18)29-3/h6-13,17H,5,14H2,1-4H3. The SMILES string of the molecule is CCC(C(=O)N(C)Cc1ccccc1)N(c1cc([N+](=O)[O-])ccc1OC)S(C)(=O)=O. The molecule has 0 fully saturated rings. The molecule has 10 heteroatoms. The van der Waals surface area contributed by atoms with Crippen molar-refractivity contribution >= 4 is 27.3 Å². The molecule has 9 nitrogen and oxygen atoms in total. The second kappa shape index (κ2) is 9.57. The maximum absolute atomic E-state index is 13.2. The molecule has 1 unspecified atom stereocenters. The van der Waals surface area contributed by atoms with E-state index < -0.39 is 26.9 Å². The van der Waals surface area contributed by atoms with Gasteiger partial charge in [-0.1, -0.05) is 37.3 Å².